The lowest BCUT2D eigenvalue weighted by Gasteiger charge is -2.39. The fourth-order valence-electron chi connectivity index (χ4n) is 4.64. The second-order valence-corrected chi connectivity index (χ2v) is 8.61. The van der Waals surface area contributed by atoms with Gasteiger partial charge in [-0.2, -0.15) is 0 Å². The SMILES string of the molecule is Cn1c(N2CCC[C@H](C(=O)N3CCN(Cc4ccccc4)CC3)C2)cc(=O)n(C)c1=O. The summed E-state index contributed by atoms with van der Waals surface area (Å²) >= 11 is 0. The molecule has 0 N–H and O–H groups in total. The van der Waals surface area contributed by atoms with Crippen LogP contribution in [0.2, 0.25) is 0 Å². The van der Waals surface area contributed by atoms with Crippen LogP contribution in [-0.2, 0) is 25.4 Å². The second kappa shape index (κ2) is 9.09. The first kappa shape index (κ1) is 21.4. The van der Waals surface area contributed by atoms with Gasteiger partial charge >= 0.3 is 5.69 Å². The van der Waals surface area contributed by atoms with Crippen LogP contribution < -0.4 is 16.1 Å². The summed E-state index contributed by atoms with van der Waals surface area (Å²) in [6, 6.07) is 11.9. The van der Waals surface area contributed by atoms with Gasteiger partial charge in [-0.15, -0.1) is 0 Å². The highest BCUT2D eigenvalue weighted by atomic mass is 16.2. The van der Waals surface area contributed by atoms with E-state index in [0.717, 1.165) is 56.7 Å². The Hall–Kier alpha value is -2.87. The average Bonchev–Trinajstić information content (AvgIpc) is 2.81. The standard InChI is InChI=1S/C23H31N5O3/c1-24-20(15-21(29)25(2)23(24)31)28-10-6-9-19(17-28)22(30)27-13-11-26(12-14-27)16-18-7-4-3-5-8-18/h3-5,7-8,15,19H,6,9-14,16-17H2,1-2H3/t19-/m0/s1. The first-order chi connectivity index (χ1) is 14.9. The van der Waals surface area contributed by atoms with Gasteiger partial charge in [-0.05, 0) is 18.4 Å². The monoisotopic (exact) mass is 425 g/mol. The molecule has 8 nitrogen and oxygen atoms in total. The van der Waals surface area contributed by atoms with Gasteiger partial charge in [0.15, 0.2) is 0 Å². The number of carbonyl (C=O) groups is 1. The fraction of sp³-hybridized carbons (Fsp3) is 0.522. The molecule has 31 heavy (non-hydrogen) atoms. The molecule has 0 saturated carbocycles. The van der Waals surface area contributed by atoms with Crippen molar-refractivity contribution in [3.05, 3.63) is 62.8 Å². The van der Waals surface area contributed by atoms with E-state index in [0.29, 0.717) is 12.4 Å². The Morgan fingerprint density at radius 1 is 0.968 bits per heavy atom. The number of nitrogens with zero attached hydrogens (tertiary/aromatic N) is 5. The van der Waals surface area contributed by atoms with E-state index in [2.05, 4.69) is 29.2 Å². The van der Waals surface area contributed by atoms with Crippen molar-refractivity contribution in [2.24, 2.45) is 20.0 Å². The molecule has 1 atom stereocenters. The zero-order valence-electron chi connectivity index (χ0n) is 18.4. The van der Waals surface area contributed by atoms with Gasteiger partial charge in [0.1, 0.15) is 5.82 Å². The number of anilines is 1. The summed E-state index contributed by atoms with van der Waals surface area (Å²) in [5.74, 6) is 0.685. The van der Waals surface area contributed by atoms with Crippen molar-refractivity contribution in [1.29, 1.82) is 0 Å². The highest BCUT2D eigenvalue weighted by Crippen LogP contribution is 2.23. The predicted molar refractivity (Wildman–Crippen MR) is 120 cm³/mol. The van der Waals surface area contributed by atoms with Crippen molar-refractivity contribution in [3.8, 4) is 0 Å². The Kier molecular flexibility index (Phi) is 6.27. The van der Waals surface area contributed by atoms with Crippen LogP contribution in [0.5, 0.6) is 0 Å². The van der Waals surface area contributed by atoms with Gasteiger partial charge in [-0.25, -0.2) is 4.79 Å². The van der Waals surface area contributed by atoms with E-state index < -0.39 is 0 Å². The van der Waals surface area contributed by atoms with Crippen LogP contribution >= 0.6 is 0 Å². The fourth-order valence-corrected chi connectivity index (χ4v) is 4.64. The van der Waals surface area contributed by atoms with E-state index in [-0.39, 0.29) is 23.1 Å². The number of piperidine rings is 1. The van der Waals surface area contributed by atoms with Crippen molar-refractivity contribution >= 4 is 11.7 Å². The molecule has 166 valence electrons. The molecule has 2 aliphatic rings. The van der Waals surface area contributed by atoms with Gasteiger partial charge in [0.2, 0.25) is 5.91 Å². The summed E-state index contributed by atoms with van der Waals surface area (Å²) in [5, 5.41) is 0. The molecule has 0 radical (unpaired) electrons. The maximum Gasteiger partial charge on any atom is 0.332 e. The number of aromatic nitrogens is 2. The lowest BCUT2D eigenvalue weighted by atomic mass is 9.96. The van der Waals surface area contributed by atoms with E-state index in [1.807, 2.05) is 15.9 Å². The highest BCUT2D eigenvalue weighted by Gasteiger charge is 2.32. The van der Waals surface area contributed by atoms with E-state index in [1.165, 1.54) is 23.2 Å². The smallest absolute Gasteiger partial charge is 0.332 e. The normalized spacial score (nSPS) is 20.1. The summed E-state index contributed by atoms with van der Waals surface area (Å²) in [5.41, 5.74) is 0.636. The maximum atomic E-state index is 13.2. The molecular weight excluding hydrogens is 394 g/mol. The molecule has 8 heteroatoms. The van der Waals surface area contributed by atoms with Gasteiger partial charge in [-0.1, -0.05) is 30.3 Å². The zero-order valence-corrected chi connectivity index (χ0v) is 18.4. The predicted octanol–water partition coefficient (Wildman–Crippen LogP) is 0.645. The Labute approximate surface area is 182 Å². The van der Waals surface area contributed by atoms with Gasteiger partial charge in [0.05, 0.1) is 5.92 Å². The first-order valence-electron chi connectivity index (χ1n) is 11.0. The quantitative estimate of drug-likeness (QED) is 0.719. The molecular formula is C23H31N5O3. The van der Waals surface area contributed by atoms with E-state index in [9.17, 15) is 14.4 Å². The lowest BCUT2D eigenvalue weighted by molar-refractivity contribution is -0.137. The molecule has 1 aromatic heterocycles. The summed E-state index contributed by atoms with van der Waals surface area (Å²) in [6.07, 6.45) is 1.71. The average molecular weight is 426 g/mol. The Bertz CT molecular complexity index is 1040. The van der Waals surface area contributed by atoms with Crippen LogP contribution in [0.4, 0.5) is 5.82 Å². The van der Waals surface area contributed by atoms with Crippen molar-refractivity contribution in [2.75, 3.05) is 44.2 Å². The van der Waals surface area contributed by atoms with E-state index >= 15 is 0 Å². The minimum atomic E-state index is -0.342. The zero-order chi connectivity index (χ0) is 22.0. The number of amides is 1. The van der Waals surface area contributed by atoms with E-state index in [4.69, 9.17) is 0 Å². The molecule has 0 unspecified atom stereocenters. The molecule has 1 aromatic carbocycles. The van der Waals surface area contributed by atoms with Crippen LogP contribution in [0.3, 0.4) is 0 Å². The molecule has 3 heterocycles. The number of rotatable bonds is 4. The highest BCUT2D eigenvalue weighted by molar-refractivity contribution is 5.80. The van der Waals surface area contributed by atoms with Crippen LogP contribution in [0.25, 0.3) is 0 Å². The molecule has 0 spiro atoms. The first-order valence-corrected chi connectivity index (χ1v) is 11.0. The van der Waals surface area contributed by atoms with Crippen LogP contribution in [-0.4, -0.2) is 64.1 Å². The Morgan fingerprint density at radius 3 is 2.39 bits per heavy atom. The van der Waals surface area contributed by atoms with Crippen molar-refractivity contribution in [1.82, 2.24) is 18.9 Å². The molecule has 1 amide bonds. The number of hydrogen-bond donors (Lipinski definition) is 0. The second-order valence-electron chi connectivity index (χ2n) is 8.61. The van der Waals surface area contributed by atoms with Crippen LogP contribution in [0, 0.1) is 5.92 Å². The number of benzene rings is 1. The van der Waals surface area contributed by atoms with Crippen LogP contribution in [0.15, 0.2) is 46.0 Å². The van der Waals surface area contributed by atoms with Gasteiger partial charge < -0.3 is 9.80 Å². The molecule has 2 aromatic rings. The summed E-state index contributed by atoms with van der Waals surface area (Å²) < 4.78 is 2.60. The van der Waals surface area contributed by atoms with Crippen molar-refractivity contribution < 1.29 is 4.79 Å². The molecule has 0 aliphatic carbocycles. The third-order valence-corrected chi connectivity index (χ3v) is 6.53. The Morgan fingerprint density at radius 2 is 1.68 bits per heavy atom. The minimum Gasteiger partial charge on any atom is -0.357 e. The number of piperazine rings is 1. The molecule has 4 rings (SSSR count). The van der Waals surface area contributed by atoms with Gasteiger partial charge in [0, 0.05) is 66.0 Å². The number of hydrogen-bond acceptors (Lipinski definition) is 5. The molecule has 2 saturated heterocycles. The summed E-state index contributed by atoms with van der Waals surface area (Å²) in [6.45, 7) is 5.44. The third kappa shape index (κ3) is 4.58. The maximum absolute atomic E-state index is 13.2. The van der Waals surface area contributed by atoms with Crippen LogP contribution in [0.1, 0.15) is 18.4 Å². The van der Waals surface area contributed by atoms with Crippen molar-refractivity contribution in [3.63, 3.8) is 0 Å². The van der Waals surface area contributed by atoms with Gasteiger partial charge in [-0.3, -0.25) is 23.6 Å². The minimum absolute atomic E-state index is 0.103. The summed E-state index contributed by atoms with van der Waals surface area (Å²) in [4.78, 5) is 44.0. The van der Waals surface area contributed by atoms with Gasteiger partial charge in [0.25, 0.3) is 5.56 Å². The largest absolute Gasteiger partial charge is 0.357 e. The Balaban J connectivity index is 1.38. The van der Waals surface area contributed by atoms with E-state index in [1.54, 1.807) is 7.05 Å². The topological polar surface area (TPSA) is 70.8 Å². The lowest BCUT2D eigenvalue weighted by Crippen LogP contribution is -2.52. The number of carbonyl (C=O) groups excluding carboxylic acids is 1. The van der Waals surface area contributed by atoms with Crippen molar-refractivity contribution in [2.45, 2.75) is 19.4 Å². The molecule has 2 fully saturated rings. The molecule has 0 bridgehead atoms. The summed E-state index contributed by atoms with van der Waals surface area (Å²) in [7, 11) is 3.16. The molecule has 2 aliphatic heterocycles. The third-order valence-electron chi connectivity index (χ3n) is 6.53.